The van der Waals surface area contributed by atoms with Crippen LogP contribution in [0.3, 0.4) is 0 Å². The van der Waals surface area contributed by atoms with Crippen LogP contribution in [0.5, 0.6) is 0 Å². The Bertz CT molecular complexity index is 1370. The van der Waals surface area contributed by atoms with Crippen molar-refractivity contribution in [3.8, 4) is 10.6 Å². The van der Waals surface area contributed by atoms with Crippen LogP contribution < -0.4 is 16.0 Å². The van der Waals surface area contributed by atoms with E-state index in [1.807, 2.05) is 33.8 Å². The predicted molar refractivity (Wildman–Crippen MR) is 160 cm³/mol. The molecule has 1 unspecified atom stereocenters. The average molecular weight is 583 g/mol. The summed E-state index contributed by atoms with van der Waals surface area (Å²) < 4.78 is 6.75. The van der Waals surface area contributed by atoms with E-state index < -0.39 is 5.60 Å². The molecular formula is C29H38N6O3S2. The lowest BCUT2D eigenvalue weighted by molar-refractivity contribution is -0.116. The number of nitrogens with one attached hydrogen (secondary N) is 3. The monoisotopic (exact) mass is 582 g/mol. The number of anilines is 1. The summed E-state index contributed by atoms with van der Waals surface area (Å²) in [6.07, 6.45) is 6.72. The molecule has 3 aromatic rings. The van der Waals surface area contributed by atoms with Crippen molar-refractivity contribution < 1.29 is 14.3 Å². The maximum absolute atomic E-state index is 13.2. The molecule has 2 fully saturated rings. The average Bonchev–Trinajstić information content (AvgIpc) is 3.64. The largest absolute Gasteiger partial charge is 0.444 e. The minimum absolute atomic E-state index is 0.00775. The Morgan fingerprint density at radius 3 is 2.70 bits per heavy atom. The van der Waals surface area contributed by atoms with Crippen molar-refractivity contribution in [2.24, 2.45) is 11.8 Å². The molecule has 0 aromatic carbocycles. The van der Waals surface area contributed by atoms with Crippen molar-refractivity contribution in [1.82, 2.24) is 25.5 Å². The number of hydrogen-bond donors (Lipinski definition) is 3. The first kappa shape index (κ1) is 27.6. The van der Waals surface area contributed by atoms with Crippen LogP contribution in [0.4, 0.5) is 9.80 Å². The summed E-state index contributed by atoms with van der Waals surface area (Å²) in [5.74, 6) is 1.54. The van der Waals surface area contributed by atoms with Gasteiger partial charge in [-0.25, -0.2) is 9.78 Å². The Kier molecular flexibility index (Phi) is 7.58. The number of fused-ring (bicyclic) bond motifs is 3. The number of thiophene rings is 1. The number of thiazole rings is 1. The fourth-order valence-corrected chi connectivity index (χ4v) is 8.73. The lowest BCUT2D eigenvalue weighted by Crippen LogP contribution is -2.41. The number of rotatable bonds is 6. The highest BCUT2D eigenvalue weighted by molar-refractivity contribution is 7.23. The van der Waals surface area contributed by atoms with Crippen LogP contribution in [0, 0.1) is 11.8 Å². The molecule has 6 rings (SSSR count). The van der Waals surface area contributed by atoms with Gasteiger partial charge in [0.2, 0.25) is 5.91 Å². The zero-order valence-corrected chi connectivity index (χ0v) is 25.2. The van der Waals surface area contributed by atoms with Gasteiger partial charge in [-0.2, -0.15) is 0 Å². The molecule has 2 aliphatic heterocycles. The fraction of sp³-hybridized carbons (Fsp3) is 0.586. The molecule has 5 heterocycles. The molecule has 0 bridgehead atoms. The molecule has 214 valence electrons. The Labute approximate surface area is 243 Å². The Hall–Kier alpha value is -2.60. The molecular weight excluding hydrogens is 544 g/mol. The molecule has 0 spiro atoms. The molecule has 2 amide bonds. The summed E-state index contributed by atoms with van der Waals surface area (Å²) in [6.45, 7) is 11.2. The second-order valence-corrected chi connectivity index (χ2v) is 14.3. The van der Waals surface area contributed by atoms with Gasteiger partial charge in [-0.1, -0.05) is 0 Å². The van der Waals surface area contributed by atoms with Gasteiger partial charge in [0.1, 0.15) is 21.1 Å². The van der Waals surface area contributed by atoms with Gasteiger partial charge >= 0.3 is 6.09 Å². The first-order valence-electron chi connectivity index (χ1n) is 14.3. The number of hydrogen-bond acceptors (Lipinski definition) is 9. The Morgan fingerprint density at radius 1 is 1.20 bits per heavy atom. The Morgan fingerprint density at radius 2 is 1.98 bits per heavy atom. The van der Waals surface area contributed by atoms with Crippen LogP contribution in [-0.2, 0) is 16.0 Å². The maximum Gasteiger partial charge on any atom is 0.410 e. The van der Waals surface area contributed by atoms with E-state index in [1.165, 1.54) is 12.8 Å². The number of pyridine rings is 1. The molecule has 4 atom stereocenters. The van der Waals surface area contributed by atoms with Crippen molar-refractivity contribution in [3.05, 3.63) is 28.9 Å². The number of nitrogens with zero attached hydrogens (tertiary/aromatic N) is 3. The third-order valence-corrected chi connectivity index (χ3v) is 10.6. The van der Waals surface area contributed by atoms with E-state index in [9.17, 15) is 9.59 Å². The predicted octanol–water partition coefficient (Wildman–Crippen LogP) is 5.19. The summed E-state index contributed by atoms with van der Waals surface area (Å²) >= 11 is 3.16. The van der Waals surface area contributed by atoms with E-state index in [2.05, 4.69) is 20.9 Å². The highest BCUT2D eigenvalue weighted by Gasteiger charge is 2.38. The second kappa shape index (κ2) is 11.0. The summed E-state index contributed by atoms with van der Waals surface area (Å²) in [4.78, 5) is 38.2. The minimum Gasteiger partial charge on any atom is -0.444 e. The van der Waals surface area contributed by atoms with Gasteiger partial charge in [0.05, 0.1) is 16.9 Å². The third kappa shape index (κ3) is 5.61. The molecule has 3 N–H and O–H groups in total. The van der Waals surface area contributed by atoms with Crippen molar-refractivity contribution in [1.29, 1.82) is 0 Å². The molecule has 11 heteroatoms. The first-order chi connectivity index (χ1) is 19.2. The van der Waals surface area contributed by atoms with E-state index in [0.29, 0.717) is 32.0 Å². The van der Waals surface area contributed by atoms with Crippen molar-refractivity contribution >= 4 is 49.9 Å². The number of aromatic nitrogens is 2. The lowest BCUT2D eigenvalue weighted by atomic mass is 9.98. The number of ether oxygens (including phenoxy) is 1. The fourth-order valence-electron chi connectivity index (χ4n) is 6.32. The van der Waals surface area contributed by atoms with Gasteiger partial charge in [-0.3, -0.25) is 9.78 Å². The van der Waals surface area contributed by atoms with E-state index in [4.69, 9.17) is 9.72 Å². The summed E-state index contributed by atoms with van der Waals surface area (Å²) in [6, 6.07) is 2.31. The summed E-state index contributed by atoms with van der Waals surface area (Å²) in [7, 11) is 0. The lowest BCUT2D eigenvalue weighted by Gasteiger charge is -2.35. The molecule has 1 aliphatic carbocycles. The zero-order chi connectivity index (χ0) is 28.0. The van der Waals surface area contributed by atoms with Crippen molar-refractivity contribution in [2.75, 3.05) is 31.5 Å². The number of amides is 2. The van der Waals surface area contributed by atoms with Gasteiger partial charge in [0, 0.05) is 42.2 Å². The van der Waals surface area contributed by atoms with Crippen LogP contribution in [-0.4, -0.2) is 64.7 Å². The molecule has 3 aromatic heterocycles. The van der Waals surface area contributed by atoms with Gasteiger partial charge in [-0.05, 0) is 83.5 Å². The molecule has 0 radical (unpaired) electrons. The summed E-state index contributed by atoms with van der Waals surface area (Å²) in [5, 5.41) is 12.0. The second-order valence-electron chi connectivity index (χ2n) is 12.2. The zero-order valence-electron chi connectivity index (χ0n) is 23.6. The van der Waals surface area contributed by atoms with Crippen LogP contribution in [0.1, 0.15) is 63.4 Å². The van der Waals surface area contributed by atoms with Crippen molar-refractivity contribution in [3.63, 3.8) is 0 Å². The first-order valence-corrected chi connectivity index (χ1v) is 15.9. The van der Waals surface area contributed by atoms with E-state index in [0.717, 1.165) is 61.2 Å². The van der Waals surface area contributed by atoms with Crippen LogP contribution in [0.2, 0.25) is 0 Å². The summed E-state index contributed by atoms with van der Waals surface area (Å²) in [5.41, 5.74) is 2.42. The van der Waals surface area contributed by atoms with Crippen molar-refractivity contribution in [2.45, 2.75) is 71.1 Å². The number of carbonyl (C=O) groups is 2. The third-order valence-electron chi connectivity index (χ3n) is 8.21. The quantitative estimate of drug-likeness (QED) is 0.367. The SMILES string of the molecule is C[C@@H]1c2sc(NC(=O)CCNC3C[C@H]4CNC[C@H]4C3)c(-c3nc4cnccc4s3)c2CCN1C(=O)OC(C)(C)C. The molecule has 3 aliphatic rings. The highest BCUT2D eigenvalue weighted by Crippen LogP contribution is 2.49. The van der Waals surface area contributed by atoms with Gasteiger partial charge in [0.25, 0.3) is 0 Å². The molecule has 9 nitrogen and oxygen atoms in total. The van der Waals surface area contributed by atoms with Crippen LogP contribution >= 0.6 is 22.7 Å². The molecule has 1 saturated heterocycles. The molecule has 40 heavy (non-hydrogen) atoms. The van der Waals surface area contributed by atoms with Gasteiger partial charge < -0.3 is 25.6 Å². The highest BCUT2D eigenvalue weighted by atomic mass is 32.1. The minimum atomic E-state index is -0.561. The van der Waals surface area contributed by atoms with E-state index in [1.54, 1.807) is 40.0 Å². The van der Waals surface area contributed by atoms with E-state index in [-0.39, 0.29) is 18.0 Å². The van der Waals surface area contributed by atoms with Crippen LogP contribution in [0.15, 0.2) is 18.5 Å². The maximum atomic E-state index is 13.2. The van der Waals surface area contributed by atoms with Crippen LogP contribution in [0.25, 0.3) is 20.8 Å². The van der Waals surface area contributed by atoms with E-state index >= 15 is 0 Å². The Balaban J connectivity index is 1.22. The topological polar surface area (TPSA) is 108 Å². The van der Waals surface area contributed by atoms with Gasteiger partial charge in [0.15, 0.2) is 0 Å². The standard InChI is InChI=1S/C29H38N6O3S2/c1-16-25-20(7-10-35(16)28(37)38-29(2,3)4)24(26-33-21-15-30-8-5-22(21)39-26)27(40-25)34-23(36)6-9-32-19-11-17-13-31-14-18(17)12-19/h5,8,15-19,31-32H,6-7,9-14H2,1-4H3,(H,34,36)/t16-,17-,18+,19?/m1/s1. The normalized spacial score (nSPS) is 24.2. The number of carbonyl (C=O) groups excluding carboxylic acids is 2. The molecule has 1 saturated carbocycles. The van der Waals surface area contributed by atoms with Gasteiger partial charge in [-0.15, -0.1) is 22.7 Å². The smallest absolute Gasteiger partial charge is 0.410 e.